The average Bonchev–Trinajstić information content (AvgIpc) is 3.20. The minimum atomic E-state index is -0.0813. The second-order valence-electron chi connectivity index (χ2n) is 8.08. The Morgan fingerprint density at radius 1 is 0.968 bits per heavy atom. The summed E-state index contributed by atoms with van der Waals surface area (Å²) in [7, 11) is 0. The number of fused-ring (bicyclic) bond motifs is 1. The molecule has 1 saturated carbocycles. The number of carbonyl (C=O) groups excluding carboxylic acids is 1. The van der Waals surface area contributed by atoms with Gasteiger partial charge >= 0.3 is 0 Å². The minimum Gasteiger partial charge on any atom is -0.267 e. The van der Waals surface area contributed by atoms with E-state index >= 15 is 0 Å². The molecule has 3 nitrogen and oxygen atoms in total. The van der Waals surface area contributed by atoms with Gasteiger partial charge in [0.1, 0.15) is 0 Å². The van der Waals surface area contributed by atoms with Crippen molar-refractivity contribution in [2.75, 3.05) is 0 Å². The third-order valence-corrected chi connectivity index (χ3v) is 6.56. The van der Waals surface area contributed by atoms with Crippen LogP contribution in [-0.4, -0.2) is 16.6 Å². The first kappa shape index (κ1) is 20.0. The van der Waals surface area contributed by atoms with Crippen molar-refractivity contribution in [3.05, 3.63) is 112 Å². The molecule has 4 heteroatoms. The zero-order valence-corrected chi connectivity index (χ0v) is 18.7. The van der Waals surface area contributed by atoms with E-state index in [0.717, 1.165) is 35.0 Å². The van der Waals surface area contributed by atoms with Crippen LogP contribution in [0.25, 0.3) is 6.08 Å². The Balaban J connectivity index is 1.58. The van der Waals surface area contributed by atoms with E-state index in [1.54, 1.807) is 5.01 Å². The largest absolute Gasteiger partial charge is 0.274 e. The van der Waals surface area contributed by atoms with Gasteiger partial charge in [-0.2, -0.15) is 5.10 Å². The van der Waals surface area contributed by atoms with E-state index in [4.69, 9.17) is 5.10 Å². The molecule has 1 heterocycles. The smallest absolute Gasteiger partial charge is 0.267 e. The Labute approximate surface area is 191 Å². The van der Waals surface area contributed by atoms with Gasteiger partial charge in [-0.15, -0.1) is 0 Å². The van der Waals surface area contributed by atoms with Gasteiger partial charge in [0.15, 0.2) is 0 Å². The molecule has 3 aromatic rings. The first-order valence-electron chi connectivity index (χ1n) is 10.7. The van der Waals surface area contributed by atoms with Crippen molar-refractivity contribution < 1.29 is 4.79 Å². The normalized spacial score (nSPS) is 21.6. The Morgan fingerprint density at radius 3 is 2.45 bits per heavy atom. The fraction of sp³-hybridized carbons (Fsp3) is 0.185. The van der Waals surface area contributed by atoms with Gasteiger partial charge in [0.2, 0.25) is 0 Å². The van der Waals surface area contributed by atoms with Gasteiger partial charge < -0.3 is 0 Å². The number of allylic oxidation sites excluding steroid dienone is 1. The number of amides is 1. The van der Waals surface area contributed by atoms with Crippen molar-refractivity contribution in [1.82, 2.24) is 5.01 Å². The maximum Gasteiger partial charge on any atom is 0.274 e. The predicted octanol–water partition coefficient (Wildman–Crippen LogP) is 6.89. The van der Waals surface area contributed by atoms with E-state index in [2.05, 4.69) is 58.4 Å². The lowest BCUT2D eigenvalue weighted by atomic mass is 9.77. The highest BCUT2D eigenvalue weighted by Gasteiger charge is 2.43. The summed E-state index contributed by atoms with van der Waals surface area (Å²) in [5.41, 5.74) is 5.26. The third-order valence-electron chi connectivity index (χ3n) is 6.06. The number of rotatable bonds is 3. The molecule has 0 saturated heterocycles. The second-order valence-corrected chi connectivity index (χ2v) is 9.00. The van der Waals surface area contributed by atoms with Crippen LogP contribution >= 0.6 is 15.9 Å². The minimum absolute atomic E-state index is 0.0592. The molecule has 31 heavy (non-hydrogen) atoms. The predicted molar refractivity (Wildman–Crippen MR) is 129 cm³/mol. The number of hydrogen-bond acceptors (Lipinski definition) is 2. The van der Waals surface area contributed by atoms with Gasteiger partial charge in [0.25, 0.3) is 5.91 Å². The van der Waals surface area contributed by atoms with Crippen LogP contribution in [0.2, 0.25) is 0 Å². The Hall–Kier alpha value is -2.98. The topological polar surface area (TPSA) is 32.7 Å². The van der Waals surface area contributed by atoms with Crippen molar-refractivity contribution >= 4 is 33.6 Å². The molecular weight excluding hydrogens is 448 g/mol. The van der Waals surface area contributed by atoms with Gasteiger partial charge in [0.05, 0.1) is 11.8 Å². The van der Waals surface area contributed by atoms with Crippen LogP contribution in [0, 0.1) is 5.92 Å². The molecule has 0 N–H and O–H groups in total. The summed E-state index contributed by atoms with van der Waals surface area (Å²) >= 11 is 3.49. The quantitative estimate of drug-likeness (QED) is 0.410. The number of benzene rings is 3. The summed E-state index contributed by atoms with van der Waals surface area (Å²) in [6, 6.07) is 28.2. The van der Waals surface area contributed by atoms with Gasteiger partial charge in [-0.1, -0.05) is 82.7 Å². The van der Waals surface area contributed by atoms with Crippen molar-refractivity contribution in [3.63, 3.8) is 0 Å². The average molecular weight is 471 g/mol. The first-order valence-corrected chi connectivity index (χ1v) is 11.5. The molecule has 1 fully saturated rings. The summed E-state index contributed by atoms with van der Waals surface area (Å²) in [5.74, 6) is 0.151. The van der Waals surface area contributed by atoms with Gasteiger partial charge in [0, 0.05) is 16.0 Å². The highest BCUT2D eigenvalue weighted by atomic mass is 79.9. The highest BCUT2D eigenvalue weighted by Crippen LogP contribution is 2.44. The van der Waals surface area contributed by atoms with Crippen molar-refractivity contribution in [1.29, 1.82) is 0 Å². The SMILES string of the molecule is O=C(c1cccc(Br)c1)N1N=C2/C(=C/c3ccccc3)CCC[C@H]2[C@H]1c1ccccc1. The van der Waals surface area contributed by atoms with Crippen LogP contribution < -0.4 is 0 Å². The van der Waals surface area contributed by atoms with E-state index < -0.39 is 0 Å². The molecule has 0 unspecified atom stereocenters. The number of halogens is 1. The molecule has 1 aliphatic carbocycles. The summed E-state index contributed by atoms with van der Waals surface area (Å²) in [6.45, 7) is 0. The molecule has 3 aromatic carbocycles. The van der Waals surface area contributed by atoms with Crippen LogP contribution in [0.4, 0.5) is 0 Å². The van der Waals surface area contributed by atoms with Crippen LogP contribution in [0.3, 0.4) is 0 Å². The molecule has 5 rings (SSSR count). The summed E-state index contributed by atoms with van der Waals surface area (Å²) < 4.78 is 0.892. The van der Waals surface area contributed by atoms with E-state index in [-0.39, 0.29) is 17.9 Å². The fourth-order valence-corrected chi connectivity index (χ4v) is 5.05. The monoisotopic (exact) mass is 470 g/mol. The lowest BCUT2D eigenvalue weighted by Gasteiger charge is -2.29. The summed E-state index contributed by atoms with van der Waals surface area (Å²) in [6.07, 6.45) is 5.36. The maximum absolute atomic E-state index is 13.6. The molecule has 1 aliphatic heterocycles. The number of nitrogens with zero attached hydrogens (tertiary/aromatic N) is 2. The molecule has 2 atom stereocenters. The number of hydrazone groups is 1. The third kappa shape index (κ3) is 4.00. The Kier molecular flexibility index (Phi) is 5.56. The number of hydrogen-bond donors (Lipinski definition) is 0. The Morgan fingerprint density at radius 2 is 1.71 bits per heavy atom. The van der Waals surface area contributed by atoms with Crippen molar-refractivity contribution in [2.24, 2.45) is 11.0 Å². The van der Waals surface area contributed by atoms with Crippen LogP contribution in [0.15, 0.2) is 100 Å². The van der Waals surface area contributed by atoms with E-state index in [1.165, 1.54) is 11.1 Å². The van der Waals surface area contributed by atoms with Gasteiger partial charge in [-0.05, 0) is 60.2 Å². The van der Waals surface area contributed by atoms with Gasteiger partial charge in [-0.25, -0.2) is 5.01 Å². The first-order chi connectivity index (χ1) is 15.2. The molecule has 154 valence electrons. The van der Waals surface area contributed by atoms with Crippen molar-refractivity contribution in [3.8, 4) is 0 Å². The highest BCUT2D eigenvalue weighted by molar-refractivity contribution is 9.10. The Bertz CT molecular complexity index is 1150. The van der Waals surface area contributed by atoms with Crippen LogP contribution in [-0.2, 0) is 0 Å². The lowest BCUT2D eigenvalue weighted by Crippen LogP contribution is -2.31. The molecule has 0 aromatic heterocycles. The van der Waals surface area contributed by atoms with Crippen LogP contribution in [0.5, 0.6) is 0 Å². The van der Waals surface area contributed by atoms with Crippen LogP contribution in [0.1, 0.15) is 46.8 Å². The van der Waals surface area contributed by atoms with Gasteiger partial charge in [-0.3, -0.25) is 4.79 Å². The summed E-state index contributed by atoms with van der Waals surface area (Å²) in [5, 5.41) is 6.69. The standard InChI is InChI=1S/C27H23BrN2O/c28-23-15-7-14-22(18-23)27(31)30-26(20-11-5-2-6-12-20)24-16-8-13-21(25(24)29-30)17-19-9-3-1-4-10-19/h1-7,9-12,14-15,17-18,24,26H,8,13,16H2/b21-17+/t24-,26-/m1/s1. The fourth-order valence-electron chi connectivity index (χ4n) is 4.66. The number of carbonyl (C=O) groups is 1. The molecule has 0 bridgehead atoms. The molecule has 2 aliphatic rings. The molecule has 0 spiro atoms. The van der Waals surface area contributed by atoms with Crippen molar-refractivity contribution in [2.45, 2.75) is 25.3 Å². The summed E-state index contributed by atoms with van der Waals surface area (Å²) in [4.78, 5) is 13.6. The molecular formula is C27H23BrN2O. The second kappa shape index (κ2) is 8.64. The zero-order valence-electron chi connectivity index (χ0n) is 17.1. The van der Waals surface area contributed by atoms with E-state index in [9.17, 15) is 4.79 Å². The zero-order chi connectivity index (χ0) is 21.2. The molecule has 1 amide bonds. The maximum atomic E-state index is 13.6. The van der Waals surface area contributed by atoms with E-state index in [0.29, 0.717) is 5.56 Å². The van der Waals surface area contributed by atoms with E-state index in [1.807, 2.05) is 48.5 Å². The lowest BCUT2D eigenvalue weighted by molar-refractivity contribution is 0.0681. The molecule has 0 radical (unpaired) electrons.